The van der Waals surface area contributed by atoms with Crippen LogP contribution in [-0.2, 0) is 0 Å². The molecular formula is C9H8FN5O4. The standard InChI is InChI=1S/C5H3FN2O2.C4H5N3O2/c6-3-1-2-7-4(8-3)5(9)10;5-2-1-3(8)7-4(9)6-2/h1-2H,(H,9,10);1H,(H4,5,6,7,8,9). The van der Waals surface area contributed by atoms with Gasteiger partial charge in [0, 0.05) is 18.3 Å². The summed E-state index contributed by atoms with van der Waals surface area (Å²) in [6, 6.07) is 1.60. The van der Waals surface area contributed by atoms with Crippen LogP contribution >= 0.6 is 0 Å². The molecule has 100 valence electrons. The predicted octanol–water partition coefficient (Wildman–Crippen LogP) is -0.216. The average molecular weight is 269 g/mol. The highest BCUT2D eigenvalue weighted by Crippen LogP contribution is 2.10. The molecule has 0 fully saturated rings. The van der Waals surface area contributed by atoms with E-state index in [2.05, 4.69) is 19.9 Å². The molecule has 0 atom stereocenters. The molecule has 0 aliphatic heterocycles. The van der Waals surface area contributed by atoms with Gasteiger partial charge < -0.3 is 21.1 Å². The van der Waals surface area contributed by atoms with Crippen molar-refractivity contribution in [2.45, 2.75) is 0 Å². The maximum Gasteiger partial charge on any atom is 0.374 e. The average Bonchev–Trinajstić information content (AvgIpc) is 2.27. The lowest BCUT2D eigenvalue weighted by molar-refractivity contribution is 0.0681. The second kappa shape index (κ2) is 6.05. The summed E-state index contributed by atoms with van der Waals surface area (Å²) >= 11 is 0. The smallest absolute Gasteiger partial charge is 0.374 e. The normalized spacial score (nSPS) is 9.32. The van der Waals surface area contributed by atoms with Crippen LogP contribution in [0.1, 0.15) is 10.6 Å². The number of nitrogens with zero attached hydrogens (tertiary/aromatic N) is 4. The molecule has 0 bridgehead atoms. The van der Waals surface area contributed by atoms with E-state index in [9.17, 15) is 9.18 Å². The number of hydrogen-bond donors (Lipinski definition) is 4. The van der Waals surface area contributed by atoms with E-state index >= 15 is 0 Å². The Morgan fingerprint density at radius 3 is 2.37 bits per heavy atom. The van der Waals surface area contributed by atoms with Gasteiger partial charge in [0.15, 0.2) is 0 Å². The Balaban J connectivity index is 0.000000191. The number of nitrogens with two attached hydrogens (primary N) is 1. The summed E-state index contributed by atoms with van der Waals surface area (Å²) in [6.07, 6.45) is 1.05. The lowest BCUT2D eigenvalue weighted by Gasteiger charge is -1.92. The molecule has 2 aromatic heterocycles. The summed E-state index contributed by atoms with van der Waals surface area (Å²) in [6.45, 7) is 0. The number of anilines is 1. The highest BCUT2D eigenvalue weighted by atomic mass is 19.1. The number of rotatable bonds is 1. The minimum atomic E-state index is -1.33. The summed E-state index contributed by atoms with van der Waals surface area (Å²) in [5.41, 5.74) is 5.09. The lowest BCUT2D eigenvalue weighted by atomic mass is 10.5. The SMILES string of the molecule is Nc1cc(O)nc(O)n1.O=C(O)c1nccc(F)n1. The topological polar surface area (TPSA) is 155 Å². The Hall–Kier alpha value is -3.04. The lowest BCUT2D eigenvalue weighted by Crippen LogP contribution is -2.04. The number of aromatic carboxylic acids is 1. The van der Waals surface area contributed by atoms with E-state index < -0.39 is 23.8 Å². The Bertz CT molecular complexity index is 544. The first-order valence-corrected chi connectivity index (χ1v) is 4.63. The number of hydrogen-bond acceptors (Lipinski definition) is 8. The van der Waals surface area contributed by atoms with Crippen molar-refractivity contribution in [3.05, 3.63) is 30.1 Å². The first kappa shape index (κ1) is 14.0. The zero-order valence-corrected chi connectivity index (χ0v) is 9.23. The third-order valence-electron chi connectivity index (χ3n) is 1.53. The predicted molar refractivity (Wildman–Crippen MR) is 58.7 cm³/mol. The van der Waals surface area contributed by atoms with Crippen molar-refractivity contribution in [3.8, 4) is 11.9 Å². The van der Waals surface area contributed by atoms with Gasteiger partial charge in [-0.3, -0.25) is 0 Å². The summed E-state index contributed by atoms with van der Waals surface area (Å²) in [7, 11) is 0. The van der Waals surface area contributed by atoms with Crippen molar-refractivity contribution < 1.29 is 24.5 Å². The molecule has 0 aromatic carbocycles. The van der Waals surface area contributed by atoms with Gasteiger partial charge in [-0.2, -0.15) is 19.3 Å². The number of carbonyl (C=O) groups is 1. The van der Waals surface area contributed by atoms with Crippen LogP contribution in [0.3, 0.4) is 0 Å². The maximum atomic E-state index is 12.1. The van der Waals surface area contributed by atoms with Gasteiger partial charge in [-0.25, -0.2) is 9.78 Å². The molecule has 9 nitrogen and oxygen atoms in total. The maximum absolute atomic E-state index is 12.1. The summed E-state index contributed by atoms with van der Waals surface area (Å²) in [5.74, 6) is -2.99. The molecule has 0 amide bonds. The monoisotopic (exact) mass is 269 g/mol. The first-order chi connectivity index (χ1) is 8.88. The Morgan fingerprint density at radius 2 is 1.95 bits per heavy atom. The minimum Gasteiger partial charge on any atom is -0.493 e. The van der Waals surface area contributed by atoms with E-state index in [0.29, 0.717) is 0 Å². The zero-order valence-electron chi connectivity index (χ0n) is 9.23. The molecule has 0 aliphatic carbocycles. The van der Waals surface area contributed by atoms with E-state index in [0.717, 1.165) is 18.3 Å². The Morgan fingerprint density at radius 1 is 1.26 bits per heavy atom. The zero-order chi connectivity index (χ0) is 14.4. The number of nitrogen functional groups attached to an aromatic ring is 1. The molecule has 0 spiro atoms. The van der Waals surface area contributed by atoms with Crippen LogP contribution in [0.4, 0.5) is 10.2 Å². The first-order valence-electron chi connectivity index (χ1n) is 4.63. The highest BCUT2D eigenvalue weighted by Gasteiger charge is 2.05. The number of halogens is 1. The third-order valence-corrected chi connectivity index (χ3v) is 1.53. The van der Waals surface area contributed by atoms with Crippen LogP contribution in [0, 0.1) is 5.95 Å². The van der Waals surface area contributed by atoms with Crippen LogP contribution in [0.15, 0.2) is 18.3 Å². The van der Waals surface area contributed by atoms with Crippen LogP contribution in [-0.4, -0.2) is 41.2 Å². The number of carboxylic acids is 1. The van der Waals surface area contributed by atoms with Crippen molar-refractivity contribution in [1.82, 2.24) is 19.9 Å². The second-order valence-electron chi connectivity index (χ2n) is 2.96. The van der Waals surface area contributed by atoms with Crippen LogP contribution < -0.4 is 5.73 Å². The fraction of sp³-hybridized carbons (Fsp3) is 0. The van der Waals surface area contributed by atoms with Crippen molar-refractivity contribution in [2.24, 2.45) is 0 Å². The van der Waals surface area contributed by atoms with Gasteiger partial charge in [0.05, 0.1) is 0 Å². The molecule has 5 N–H and O–H groups in total. The summed E-state index contributed by atoms with van der Waals surface area (Å²) < 4.78 is 12.1. The molecule has 19 heavy (non-hydrogen) atoms. The fourth-order valence-electron chi connectivity index (χ4n) is 0.879. The highest BCUT2D eigenvalue weighted by molar-refractivity contribution is 5.82. The van der Waals surface area contributed by atoms with Crippen LogP contribution in [0.2, 0.25) is 0 Å². The Kier molecular flexibility index (Phi) is 4.46. The van der Waals surface area contributed by atoms with Gasteiger partial charge in [-0.15, -0.1) is 0 Å². The molecular weight excluding hydrogens is 261 g/mol. The van der Waals surface area contributed by atoms with Crippen molar-refractivity contribution in [3.63, 3.8) is 0 Å². The largest absolute Gasteiger partial charge is 0.493 e. The van der Waals surface area contributed by atoms with E-state index in [-0.39, 0.29) is 11.7 Å². The molecule has 0 unspecified atom stereocenters. The van der Waals surface area contributed by atoms with Gasteiger partial charge >= 0.3 is 12.0 Å². The van der Waals surface area contributed by atoms with Gasteiger partial charge in [-0.05, 0) is 0 Å². The van der Waals surface area contributed by atoms with E-state index in [1.165, 1.54) is 0 Å². The molecule has 0 saturated carbocycles. The molecule has 10 heteroatoms. The Labute approximate surface area is 105 Å². The molecule has 2 aromatic rings. The fourth-order valence-corrected chi connectivity index (χ4v) is 0.879. The van der Waals surface area contributed by atoms with E-state index in [1.807, 2.05) is 0 Å². The molecule has 0 aliphatic rings. The van der Waals surface area contributed by atoms with Crippen molar-refractivity contribution in [1.29, 1.82) is 0 Å². The second-order valence-corrected chi connectivity index (χ2v) is 2.96. The molecule has 0 saturated heterocycles. The minimum absolute atomic E-state index is 0.0417. The third kappa shape index (κ3) is 4.77. The van der Waals surface area contributed by atoms with Crippen LogP contribution in [0.5, 0.6) is 11.9 Å². The molecule has 2 heterocycles. The number of aromatic hydroxyl groups is 2. The van der Waals surface area contributed by atoms with Crippen LogP contribution in [0.25, 0.3) is 0 Å². The molecule has 0 radical (unpaired) electrons. The summed E-state index contributed by atoms with van der Waals surface area (Å²) in [4.78, 5) is 22.8. The van der Waals surface area contributed by atoms with Gasteiger partial charge in [0.2, 0.25) is 17.7 Å². The molecule has 2 rings (SSSR count). The van der Waals surface area contributed by atoms with Gasteiger partial charge in [-0.1, -0.05) is 0 Å². The van der Waals surface area contributed by atoms with Gasteiger partial charge in [0.1, 0.15) is 5.82 Å². The van der Waals surface area contributed by atoms with E-state index in [1.54, 1.807) is 0 Å². The number of carboxylic acid groups (broad SMARTS) is 1. The van der Waals surface area contributed by atoms with Crippen molar-refractivity contribution >= 4 is 11.8 Å². The van der Waals surface area contributed by atoms with E-state index in [4.69, 9.17) is 21.1 Å². The quantitative estimate of drug-likeness (QED) is 0.514. The number of aromatic nitrogens is 4. The van der Waals surface area contributed by atoms with Gasteiger partial charge in [0.25, 0.3) is 0 Å². The summed E-state index contributed by atoms with van der Waals surface area (Å²) in [5, 5.41) is 25.4. The van der Waals surface area contributed by atoms with Crippen molar-refractivity contribution in [2.75, 3.05) is 5.73 Å².